The van der Waals surface area contributed by atoms with Crippen molar-refractivity contribution in [2.75, 3.05) is 18.9 Å². The molecule has 1 heterocycles. The largest absolute Gasteiger partial charge is 0.386 e. The Morgan fingerprint density at radius 2 is 2.00 bits per heavy atom. The molecule has 0 amide bonds. The highest BCUT2D eigenvalue weighted by atomic mass is 32.5. The van der Waals surface area contributed by atoms with Crippen molar-refractivity contribution in [1.29, 1.82) is 0 Å². The molecule has 0 aliphatic heterocycles. The topological polar surface area (TPSA) is 122 Å². The standard InChI is InChI=1S/C11H16N3O6PS2/c1-4-17-21(22,18-5-2)20-10(16)9(14-19-7(3)15)8-6-23-11(12)13-8/h6H,4-5H2,1-3H3,(H2,12,13). The summed E-state index contributed by atoms with van der Waals surface area (Å²) < 4.78 is 15.5. The van der Waals surface area contributed by atoms with Gasteiger partial charge in [0.2, 0.25) is 5.71 Å². The van der Waals surface area contributed by atoms with E-state index in [2.05, 4.69) is 15.0 Å². The van der Waals surface area contributed by atoms with Crippen molar-refractivity contribution >= 4 is 52.6 Å². The Labute approximate surface area is 142 Å². The number of anilines is 1. The first-order chi connectivity index (χ1) is 10.8. The van der Waals surface area contributed by atoms with Gasteiger partial charge in [0.05, 0.1) is 13.2 Å². The van der Waals surface area contributed by atoms with E-state index in [4.69, 9.17) is 31.1 Å². The fourth-order valence-electron chi connectivity index (χ4n) is 1.25. The number of hydrogen-bond acceptors (Lipinski definition) is 11. The van der Waals surface area contributed by atoms with Crippen LogP contribution in [0.3, 0.4) is 0 Å². The molecule has 0 aromatic carbocycles. The summed E-state index contributed by atoms with van der Waals surface area (Å²) in [6.07, 6.45) is 0. The second kappa shape index (κ2) is 9.04. The maximum atomic E-state index is 12.3. The number of aromatic nitrogens is 1. The van der Waals surface area contributed by atoms with E-state index in [1.807, 2.05) is 0 Å². The number of rotatable bonds is 8. The van der Waals surface area contributed by atoms with Crippen molar-refractivity contribution in [1.82, 2.24) is 4.98 Å². The minimum Gasteiger partial charge on any atom is -0.386 e. The van der Waals surface area contributed by atoms with Gasteiger partial charge >= 0.3 is 18.7 Å². The molecule has 0 radical (unpaired) electrons. The van der Waals surface area contributed by atoms with Gasteiger partial charge in [0.25, 0.3) is 0 Å². The zero-order chi connectivity index (χ0) is 17.5. The molecule has 0 unspecified atom stereocenters. The van der Waals surface area contributed by atoms with Crippen LogP contribution in [0.15, 0.2) is 10.5 Å². The Bertz CT molecular complexity index is 637. The van der Waals surface area contributed by atoms with E-state index >= 15 is 0 Å². The van der Waals surface area contributed by atoms with Gasteiger partial charge in [-0.15, -0.1) is 11.3 Å². The van der Waals surface area contributed by atoms with Gasteiger partial charge in [0.15, 0.2) is 5.13 Å². The predicted octanol–water partition coefficient (Wildman–Crippen LogP) is 1.83. The first kappa shape index (κ1) is 19.7. The van der Waals surface area contributed by atoms with Crippen molar-refractivity contribution in [3.8, 4) is 0 Å². The van der Waals surface area contributed by atoms with E-state index in [0.717, 1.165) is 18.3 Å². The molecular weight excluding hydrogens is 365 g/mol. The van der Waals surface area contributed by atoms with Crippen LogP contribution in [0, 0.1) is 0 Å². The van der Waals surface area contributed by atoms with Gasteiger partial charge in [-0.1, -0.05) is 5.16 Å². The highest BCUT2D eigenvalue weighted by Gasteiger charge is 2.30. The quantitative estimate of drug-likeness (QED) is 0.311. The normalized spacial score (nSPS) is 12.0. The molecule has 0 saturated heterocycles. The van der Waals surface area contributed by atoms with Crippen molar-refractivity contribution in [2.24, 2.45) is 5.16 Å². The molecule has 0 bridgehead atoms. The van der Waals surface area contributed by atoms with Gasteiger partial charge in [0.1, 0.15) is 5.69 Å². The molecule has 0 atom stereocenters. The van der Waals surface area contributed by atoms with Crippen LogP contribution in [-0.4, -0.2) is 35.8 Å². The van der Waals surface area contributed by atoms with Gasteiger partial charge in [0, 0.05) is 24.1 Å². The van der Waals surface area contributed by atoms with Gasteiger partial charge in [-0.3, -0.25) is 9.05 Å². The molecule has 1 rings (SSSR count). The molecule has 128 valence electrons. The van der Waals surface area contributed by atoms with Crippen LogP contribution >= 0.6 is 18.1 Å². The molecular formula is C11H16N3O6PS2. The van der Waals surface area contributed by atoms with Crippen LogP contribution < -0.4 is 5.73 Å². The minimum atomic E-state index is -3.28. The molecule has 12 heteroatoms. The van der Waals surface area contributed by atoms with E-state index in [0.29, 0.717) is 0 Å². The minimum absolute atomic E-state index is 0.0910. The van der Waals surface area contributed by atoms with Crippen LogP contribution in [0.2, 0.25) is 0 Å². The van der Waals surface area contributed by atoms with E-state index in [1.54, 1.807) is 13.8 Å². The Morgan fingerprint density at radius 1 is 1.39 bits per heavy atom. The molecule has 0 fully saturated rings. The summed E-state index contributed by atoms with van der Waals surface area (Å²) in [5.74, 6) is -1.70. The number of nitrogen functional groups attached to an aromatic ring is 1. The number of hydrogen-bond donors (Lipinski definition) is 1. The summed E-state index contributed by atoms with van der Waals surface area (Å²) in [7, 11) is 0. The summed E-state index contributed by atoms with van der Waals surface area (Å²) >= 11 is 6.19. The van der Waals surface area contributed by atoms with E-state index in [-0.39, 0.29) is 29.8 Å². The third kappa shape index (κ3) is 6.32. The highest BCUT2D eigenvalue weighted by Crippen LogP contribution is 2.50. The lowest BCUT2D eigenvalue weighted by Crippen LogP contribution is -2.20. The molecule has 1 aromatic rings. The molecule has 9 nitrogen and oxygen atoms in total. The molecule has 0 spiro atoms. The predicted molar refractivity (Wildman–Crippen MR) is 88.5 cm³/mol. The van der Waals surface area contributed by atoms with Gasteiger partial charge in [-0.25, -0.2) is 14.6 Å². The van der Waals surface area contributed by atoms with E-state index in [9.17, 15) is 9.59 Å². The SMILES string of the molecule is CCOP(=S)(OCC)OC(=O)C(=NOC(C)=O)c1csc(N)n1. The van der Waals surface area contributed by atoms with Crippen molar-refractivity contribution in [3.05, 3.63) is 11.1 Å². The number of nitrogens with two attached hydrogens (primary N) is 1. The van der Waals surface area contributed by atoms with E-state index in [1.165, 1.54) is 5.38 Å². The van der Waals surface area contributed by atoms with Crippen LogP contribution in [0.1, 0.15) is 26.5 Å². The van der Waals surface area contributed by atoms with Crippen molar-refractivity contribution in [3.63, 3.8) is 0 Å². The van der Waals surface area contributed by atoms with E-state index < -0.39 is 18.7 Å². The number of oxime groups is 1. The highest BCUT2D eigenvalue weighted by molar-refractivity contribution is 8.07. The molecule has 2 N–H and O–H groups in total. The van der Waals surface area contributed by atoms with Crippen LogP contribution in [0.25, 0.3) is 0 Å². The lowest BCUT2D eigenvalue weighted by atomic mass is 10.3. The molecule has 0 aliphatic rings. The number of thiazole rings is 1. The zero-order valence-corrected chi connectivity index (χ0v) is 15.2. The Balaban J connectivity index is 3.06. The Hall–Kier alpha value is -1.39. The summed E-state index contributed by atoms with van der Waals surface area (Å²) in [5.41, 5.74) is 5.26. The fraction of sp³-hybridized carbons (Fsp3) is 0.455. The number of carbonyl (C=O) groups excluding carboxylic acids is 2. The fourth-order valence-corrected chi connectivity index (χ4v) is 3.73. The lowest BCUT2D eigenvalue weighted by Gasteiger charge is -2.19. The van der Waals surface area contributed by atoms with Crippen LogP contribution in [-0.2, 0) is 39.8 Å². The average Bonchev–Trinajstić information content (AvgIpc) is 2.85. The Morgan fingerprint density at radius 3 is 2.43 bits per heavy atom. The molecule has 0 saturated carbocycles. The third-order valence-electron chi connectivity index (χ3n) is 1.99. The maximum absolute atomic E-state index is 12.3. The molecule has 1 aromatic heterocycles. The third-order valence-corrected chi connectivity index (χ3v) is 5.06. The smallest absolute Gasteiger partial charge is 0.383 e. The lowest BCUT2D eigenvalue weighted by molar-refractivity contribution is -0.141. The number of carbonyl (C=O) groups is 2. The van der Waals surface area contributed by atoms with Crippen molar-refractivity contribution < 1.29 is 28.0 Å². The van der Waals surface area contributed by atoms with Crippen LogP contribution in [0.5, 0.6) is 0 Å². The first-order valence-electron chi connectivity index (χ1n) is 6.41. The molecule has 23 heavy (non-hydrogen) atoms. The number of nitrogens with zero attached hydrogens (tertiary/aromatic N) is 2. The molecule has 0 aliphatic carbocycles. The van der Waals surface area contributed by atoms with Crippen molar-refractivity contribution in [2.45, 2.75) is 20.8 Å². The maximum Gasteiger partial charge on any atom is 0.383 e. The van der Waals surface area contributed by atoms with Gasteiger partial charge in [-0.2, -0.15) is 0 Å². The average molecular weight is 381 g/mol. The second-order valence-electron chi connectivity index (χ2n) is 3.76. The van der Waals surface area contributed by atoms with Gasteiger partial charge in [-0.05, 0) is 13.8 Å². The van der Waals surface area contributed by atoms with Gasteiger partial charge < -0.3 is 15.1 Å². The summed E-state index contributed by atoms with van der Waals surface area (Å²) in [6.45, 7) is 1.61. The monoisotopic (exact) mass is 381 g/mol. The summed E-state index contributed by atoms with van der Waals surface area (Å²) in [4.78, 5) is 31.6. The summed E-state index contributed by atoms with van der Waals surface area (Å²) in [5, 5.41) is 5.12. The Kier molecular flexibility index (Phi) is 7.73. The second-order valence-corrected chi connectivity index (χ2v) is 7.58. The first-order valence-corrected chi connectivity index (χ1v) is 9.84. The zero-order valence-electron chi connectivity index (χ0n) is 12.7. The summed E-state index contributed by atoms with van der Waals surface area (Å²) in [6, 6.07) is 0. The van der Waals surface area contributed by atoms with Crippen LogP contribution in [0.4, 0.5) is 5.13 Å².